The second-order valence-corrected chi connectivity index (χ2v) is 11.9. The molecule has 4 rings (SSSR count). The Morgan fingerprint density at radius 2 is 1.73 bits per heavy atom. The van der Waals surface area contributed by atoms with E-state index in [0.29, 0.717) is 30.2 Å². The average Bonchev–Trinajstić information content (AvgIpc) is 3.04. The van der Waals surface area contributed by atoms with Gasteiger partial charge in [-0.2, -0.15) is 0 Å². The number of likely N-dealkylation sites (N-methyl/N-ethyl adjacent to an activating group) is 2. The lowest BCUT2D eigenvalue weighted by molar-refractivity contribution is -0.113. The van der Waals surface area contributed by atoms with Crippen molar-refractivity contribution in [2.75, 3.05) is 50.9 Å². The number of aliphatic hydroxyl groups is 1. The van der Waals surface area contributed by atoms with Gasteiger partial charge in [0.2, 0.25) is 0 Å². The molecule has 0 aliphatic carbocycles. The first-order chi connectivity index (χ1) is 21.5. The Hall–Kier alpha value is -4.62. The van der Waals surface area contributed by atoms with Gasteiger partial charge in [-0.3, -0.25) is 9.10 Å². The number of aliphatic hydroxyl groups excluding tert-OH is 1. The minimum Gasteiger partial charge on any atom is -0.505 e. The highest BCUT2D eigenvalue weighted by Crippen LogP contribution is 2.34. The zero-order valence-corrected chi connectivity index (χ0v) is 26.8. The number of pyridine rings is 1. The third-order valence-electron chi connectivity index (χ3n) is 6.98. The summed E-state index contributed by atoms with van der Waals surface area (Å²) in [6.45, 7) is 9.90. The normalized spacial score (nSPS) is 13.4. The number of rotatable bonds is 12. The number of nitrogen functional groups attached to an aromatic ring is 1. The molecule has 1 aliphatic rings. The van der Waals surface area contributed by atoms with Gasteiger partial charge in [0.05, 0.1) is 22.8 Å². The molecule has 0 bridgehead atoms. The van der Waals surface area contributed by atoms with E-state index in [1.165, 1.54) is 25.4 Å². The number of nitrogens with one attached hydrogen (secondary N) is 1. The molecular weight excluding hydrogens is 598 g/mol. The van der Waals surface area contributed by atoms with E-state index < -0.39 is 21.7 Å². The topological polar surface area (TPSA) is 164 Å². The third-order valence-corrected chi connectivity index (χ3v) is 8.80. The van der Waals surface area contributed by atoms with Gasteiger partial charge in [0.1, 0.15) is 18.2 Å². The highest BCUT2D eigenvalue weighted by molar-refractivity contribution is 7.89. The molecule has 2 heterocycles. The molecule has 0 unspecified atom stereocenters. The van der Waals surface area contributed by atoms with E-state index in [4.69, 9.17) is 15.2 Å². The van der Waals surface area contributed by atoms with Crippen LogP contribution in [0.3, 0.4) is 0 Å². The maximum atomic E-state index is 12.5. The highest BCUT2D eigenvalue weighted by Gasteiger charge is 2.37. The average molecular weight is 640 g/mol. The van der Waals surface area contributed by atoms with Gasteiger partial charge in [-0.05, 0) is 62.0 Å². The molecule has 0 fully saturated rings. The van der Waals surface area contributed by atoms with Gasteiger partial charge in [0.25, 0.3) is 15.9 Å². The quantitative estimate of drug-likeness (QED) is 0.146. The monoisotopic (exact) mass is 639 g/mol. The predicted molar refractivity (Wildman–Crippen MR) is 173 cm³/mol. The fraction of sp³-hybridized carbons (Fsp3) is 0.344. The Bertz CT molecular complexity index is 1590. The van der Waals surface area contributed by atoms with E-state index in [1.54, 1.807) is 48.5 Å². The summed E-state index contributed by atoms with van der Waals surface area (Å²) in [5.41, 5.74) is 6.62. The van der Waals surface area contributed by atoms with Crippen molar-refractivity contribution in [3.05, 3.63) is 83.7 Å². The third kappa shape index (κ3) is 8.96. The predicted octanol–water partition coefficient (Wildman–Crippen LogP) is 4.53. The number of benzene rings is 2. The number of carbonyl (C=O) groups is 2. The number of aromatic nitrogens is 1. The molecule has 0 saturated heterocycles. The molecule has 1 aliphatic heterocycles. The maximum Gasteiger partial charge on any atom is 0.338 e. The molecule has 12 nitrogen and oxygen atoms in total. The Morgan fingerprint density at radius 1 is 1.02 bits per heavy atom. The molecule has 0 radical (unpaired) electrons. The highest BCUT2D eigenvalue weighted by atomic mass is 32.2. The number of ether oxygens (including phenoxy) is 2. The van der Waals surface area contributed by atoms with E-state index in [-0.39, 0.29) is 27.9 Å². The molecule has 0 saturated carbocycles. The first kappa shape index (κ1) is 34.9. The van der Waals surface area contributed by atoms with Crippen molar-refractivity contribution in [2.45, 2.75) is 38.5 Å². The summed E-state index contributed by atoms with van der Waals surface area (Å²) in [7, 11) is -2.69. The van der Waals surface area contributed by atoms with E-state index in [2.05, 4.69) is 36.0 Å². The van der Waals surface area contributed by atoms with Gasteiger partial charge in [-0.15, -0.1) is 0 Å². The lowest BCUT2D eigenvalue weighted by atomic mass is 10.1. The van der Waals surface area contributed by atoms with Crippen LogP contribution in [-0.2, 0) is 19.6 Å². The Labute approximate surface area is 264 Å². The number of carbonyl (C=O) groups excluding carboxylic acids is 2. The summed E-state index contributed by atoms with van der Waals surface area (Å²) in [5.74, 6) is -0.699. The Balaban J connectivity index is 0.000000246. The molecule has 4 N–H and O–H groups in total. The number of anilines is 2. The van der Waals surface area contributed by atoms with Crippen molar-refractivity contribution in [1.29, 1.82) is 0 Å². The standard InChI is InChI=1S/C17H28N2O3.C15H13N3O4S/c1-4-7-11-21-16-13-14(8-9-15(16)18)17(20)22-12-10-19(5-2)6-3;1-18-13(15(20)17-12-8-4-5-9-16-12)14(19)10-6-2-3-7-11(10)23(18,21)22/h8-9,13H,4-7,10-12,18H2,1-3H3;2-9,19H,1H3,(H,16,17,20). The van der Waals surface area contributed by atoms with Crippen LogP contribution < -0.4 is 15.8 Å². The van der Waals surface area contributed by atoms with Crippen LogP contribution in [0, 0.1) is 0 Å². The van der Waals surface area contributed by atoms with Gasteiger partial charge in [-0.1, -0.05) is 45.4 Å². The number of nitrogens with two attached hydrogens (primary N) is 1. The molecule has 2 aromatic carbocycles. The SMILES string of the molecule is CCCCOc1cc(C(=O)OCCN(CC)CC)ccc1N.CN1C(C(=O)Nc2ccccn2)=C(O)c2ccccc2S1(=O)=O. The first-order valence-corrected chi connectivity index (χ1v) is 16.1. The van der Waals surface area contributed by atoms with Crippen LogP contribution in [0.5, 0.6) is 5.75 Å². The zero-order valence-electron chi connectivity index (χ0n) is 26.0. The molecule has 0 atom stereocenters. The summed E-state index contributed by atoms with van der Waals surface area (Å²) in [5, 5.41) is 12.8. The molecule has 0 spiro atoms. The summed E-state index contributed by atoms with van der Waals surface area (Å²) >= 11 is 0. The van der Waals surface area contributed by atoms with Gasteiger partial charge in [-0.25, -0.2) is 18.2 Å². The largest absolute Gasteiger partial charge is 0.505 e. The summed E-state index contributed by atoms with van der Waals surface area (Å²) in [6.07, 6.45) is 3.49. The number of hydrogen-bond acceptors (Lipinski definition) is 10. The van der Waals surface area contributed by atoms with Gasteiger partial charge in [0, 0.05) is 25.4 Å². The number of hydrogen-bond donors (Lipinski definition) is 3. The van der Waals surface area contributed by atoms with Crippen molar-refractivity contribution in [3.8, 4) is 5.75 Å². The first-order valence-electron chi connectivity index (χ1n) is 14.7. The van der Waals surface area contributed by atoms with Crippen LogP contribution in [0.4, 0.5) is 11.5 Å². The fourth-order valence-electron chi connectivity index (χ4n) is 4.30. The van der Waals surface area contributed by atoms with E-state index in [9.17, 15) is 23.1 Å². The van der Waals surface area contributed by atoms with Gasteiger partial charge in [0.15, 0.2) is 11.5 Å². The number of nitrogens with zero attached hydrogens (tertiary/aromatic N) is 3. The lowest BCUT2D eigenvalue weighted by Crippen LogP contribution is -2.37. The second-order valence-electron chi connectivity index (χ2n) is 9.95. The smallest absolute Gasteiger partial charge is 0.338 e. The van der Waals surface area contributed by atoms with Crippen LogP contribution in [0.1, 0.15) is 49.5 Å². The summed E-state index contributed by atoms with van der Waals surface area (Å²) in [6, 6.07) is 15.9. The van der Waals surface area contributed by atoms with Crippen LogP contribution >= 0.6 is 0 Å². The Kier molecular flexibility index (Phi) is 12.7. The summed E-state index contributed by atoms with van der Waals surface area (Å²) < 4.78 is 36.7. The van der Waals surface area contributed by atoms with Crippen molar-refractivity contribution in [3.63, 3.8) is 0 Å². The molecule has 1 amide bonds. The van der Waals surface area contributed by atoms with Gasteiger partial charge < -0.3 is 30.5 Å². The number of sulfonamides is 1. The van der Waals surface area contributed by atoms with Crippen LogP contribution in [-0.4, -0.2) is 79.5 Å². The molecular formula is C32H41N5O7S. The minimum absolute atomic E-state index is 0.0469. The van der Waals surface area contributed by atoms with E-state index >= 15 is 0 Å². The minimum atomic E-state index is -3.91. The molecule has 1 aromatic heterocycles. The molecule has 45 heavy (non-hydrogen) atoms. The van der Waals surface area contributed by atoms with Crippen molar-refractivity contribution >= 4 is 39.2 Å². The Morgan fingerprint density at radius 3 is 2.40 bits per heavy atom. The molecule has 13 heteroatoms. The van der Waals surface area contributed by atoms with Crippen LogP contribution in [0.25, 0.3) is 5.76 Å². The maximum absolute atomic E-state index is 12.5. The van der Waals surface area contributed by atoms with Gasteiger partial charge >= 0.3 is 5.97 Å². The van der Waals surface area contributed by atoms with Crippen LogP contribution in [0.15, 0.2) is 77.5 Å². The van der Waals surface area contributed by atoms with Crippen molar-refractivity contribution < 1.29 is 32.6 Å². The zero-order chi connectivity index (χ0) is 33.0. The van der Waals surface area contributed by atoms with Crippen molar-refractivity contribution in [1.82, 2.24) is 14.2 Å². The number of amides is 1. The van der Waals surface area contributed by atoms with E-state index in [1.807, 2.05) is 0 Å². The molecule has 242 valence electrons. The number of esters is 1. The second kappa shape index (κ2) is 16.5. The lowest BCUT2D eigenvalue weighted by Gasteiger charge is -2.28. The van der Waals surface area contributed by atoms with Crippen LogP contribution in [0.2, 0.25) is 0 Å². The fourth-order valence-corrected chi connectivity index (χ4v) is 5.70. The van der Waals surface area contributed by atoms with Crippen molar-refractivity contribution in [2.24, 2.45) is 0 Å². The number of unbranched alkanes of at least 4 members (excludes halogenated alkanes) is 1. The molecule has 3 aromatic rings. The van der Waals surface area contributed by atoms with E-state index in [0.717, 1.165) is 36.8 Å². The number of fused-ring (bicyclic) bond motifs is 1. The summed E-state index contributed by atoms with van der Waals surface area (Å²) in [4.78, 5) is 30.6.